The number of hydrogen-bond donors (Lipinski definition) is 3. The second kappa shape index (κ2) is 10.9. The number of ether oxygens (including phenoxy) is 1. The number of rotatable bonds is 8. The van der Waals surface area contributed by atoms with Gasteiger partial charge < -0.3 is 15.4 Å². The molecular weight excluding hydrogens is 514 g/mol. The van der Waals surface area contributed by atoms with E-state index < -0.39 is 27.8 Å². The zero-order valence-corrected chi connectivity index (χ0v) is 21.4. The van der Waals surface area contributed by atoms with E-state index in [2.05, 4.69) is 15.4 Å². The molecule has 1 heterocycles. The third-order valence-corrected chi connectivity index (χ3v) is 7.65. The van der Waals surface area contributed by atoms with Gasteiger partial charge in [-0.3, -0.25) is 14.3 Å². The van der Waals surface area contributed by atoms with Gasteiger partial charge in [0, 0.05) is 12.1 Å². The van der Waals surface area contributed by atoms with Crippen molar-refractivity contribution < 1.29 is 27.5 Å². The number of anilines is 2. The molecule has 0 aliphatic rings. The summed E-state index contributed by atoms with van der Waals surface area (Å²) < 4.78 is 33.1. The number of esters is 1. The fraction of sp³-hybridized carbons (Fsp3) is 0.174. The van der Waals surface area contributed by atoms with E-state index in [0.29, 0.717) is 10.6 Å². The molecule has 0 aliphatic carbocycles. The van der Waals surface area contributed by atoms with E-state index in [4.69, 9.17) is 16.3 Å². The summed E-state index contributed by atoms with van der Waals surface area (Å²) in [6.45, 7) is 3.39. The Labute approximate surface area is 211 Å². The number of carbonyl (C=O) groups is 3. The molecule has 0 fully saturated rings. The van der Waals surface area contributed by atoms with Crippen LogP contribution in [0.3, 0.4) is 0 Å². The molecule has 3 rings (SSSR count). The van der Waals surface area contributed by atoms with Crippen LogP contribution < -0.4 is 15.4 Å². The van der Waals surface area contributed by atoms with Crippen LogP contribution >= 0.6 is 22.9 Å². The lowest BCUT2D eigenvalue weighted by Gasteiger charge is -2.13. The van der Waals surface area contributed by atoms with Crippen molar-refractivity contribution in [3.05, 3.63) is 75.1 Å². The Hall–Kier alpha value is -3.41. The molecular formula is C23H22ClN3O6S2. The summed E-state index contributed by atoms with van der Waals surface area (Å²) >= 11 is 6.74. The zero-order valence-electron chi connectivity index (χ0n) is 19.0. The average Bonchev–Trinajstić information content (AvgIpc) is 3.14. The largest absolute Gasteiger partial charge is 0.462 e. The van der Waals surface area contributed by atoms with Crippen molar-refractivity contribution in [2.75, 3.05) is 23.7 Å². The summed E-state index contributed by atoms with van der Waals surface area (Å²) in [5, 5.41) is 5.63. The SMILES string of the molecule is CCOC(=O)c1sc(NC(=O)c2ccccc2NS(=O)(=O)c2ccc(Cl)cc2)c(C(=O)NC)c1C. The summed E-state index contributed by atoms with van der Waals surface area (Å²) in [5.74, 6) is -1.79. The van der Waals surface area contributed by atoms with Gasteiger partial charge in [-0.05, 0) is 55.8 Å². The number of hydrogen-bond acceptors (Lipinski definition) is 7. The van der Waals surface area contributed by atoms with Crippen LogP contribution in [0.4, 0.5) is 10.7 Å². The number of carbonyl (C=O) groups excluding carboxylic acids is 3. The lowest BCUT2D eigenvalue weighted by atomic mass is 10.1. The first-order chi connectivity index (χ1) is 16.6. The molecule has 0 aliphatic heterocycles. The summed E-state index contributed by atoms with van der Waals surface area (Å²) in [7, 11) is -2.59. The van der Waals surface area contributed by atoms with E-state index in [1.165, 1.54) is 43.4 Å². The molecule has 0 saturated carbocycles. The summed E-state index contributed by atoms with van der Waals surface area (Å²) in [5.41, 5.74) is 0.518. The van der Waals surface area contributed by atoms with Crippen LogP contribution in [0.25, 0.3) is 0 Å². The van der Waals surface area contributed by atoms with E-state index in [1.807, 2.05) is 0 Å². The second-order valence-corrected chi connectivity index (χ2v) is 10.3. The molecule has 3 aromatic rings. The van der Waals surface area contributed by atoms with Gasteiger partial charge >= 0.3 is 5.97 Å². The van der Waals surface area contributed by atoms with Gasteiger partial charge in [0.1, 0.15) is 9.88 Å². The maximum atomic E-state index is 13.2. The van der Waals surface area contributed by atoms with E-state index in [0.717, 1.165) is 11.3 Å². The first-order valence-corrected chi connectivity index (χ1v) is 13.0. The highest BCUT2D eigenvalue weighted by Crippen LogP contribution is 2.34. The Morgan fingerprint density at radius 3 is 2.31 bits per heavy atom. The number of sulfonamides is 1. The van der Waals surface area contributed by atoms with Crippen molar-refractivity contribution in [1.29, 1.82) is 0 Å². The van der Waals surface area contributed by atoms with Crippen LogP contribution in [-0.2, 0) is 14.8 Å². The quantitative estimate of drug-likeness (QED) is 0.369. The van der Waals surface area contributed by atoms with Crippen LogP contribution in [-0.4, -0.2) is 39.9 Å². The highest BCUT2D eigenvalue weighted by atomic mass is 35.5. The lowest BCUT2D eigenvalue weighted by molar-refractivity contribution is 0.0531. The Balaban J connectivity index is 1.96. The number of para-hydroxylation sites is 1. The number of halogens is 1. The van der Waals surface area contributed by atoms with E-state index in [1.54, 1.807) is 26.0 Å². The van der Waals surface area contributed by atoms with Crippen LogP contribution in [0.15, 0.2) is 53.4 Å². The topological polar surface area (TPSA) is 131 Å². The molecule has 0 radical (unpaired) electrons. The standard InChI is InChI=1S/C23H22ClN3O6S2/c1-4-33-23(30)19-13(2)18(21(29)25-3)22(34-19)26-20(28)16-7-5-6-8-17(16)27-35(31,32)15-11-9-14(24)10-12-15/h5-12,27H,4H2,1-3H3,(H,25,29)(H,26,28). The lowest BCUT2D eigenvalue weighted by Crippen LogP contribution is -2.22. The number of nitrogens with one attached hydrogen (secondary N) is 3. The van der Waals surface area contributed by atoms with Crippen LogP contribution in [0.5, 0.6) is 0 Å². The van der Waals surface area contributed by atoms with Crippen molar-refractivity contribution in [1.82, 2.24) is 5.32 Å². The Bertz CT molecular complexity index is 1380. The molecule has 2 aromatic carbocycles. The minimum Gasteiger partial charge on any atom is -0.462 e. The van der Waals surface area contributed by atoms with Gasteiger partial charge in [-0.15, -0.1) is 11.3 Å². The molecule has 2 amide bonds. The zero-order chi connectivity index (χ0) is 25.8. The predicted octanol–water partition coefficient (Wildman–Crippen LogP) is 4.30. The first kappa shape index (κ1) is 26.2. The van der Waals surface area contributed by atoms with E-state index >= 15 is 0 Å². The number of amides is 2. The van der Waals surface area contributed by atoms with Gasteiger partial charge in [-0.2, -0.15) is 0 Å². The predicted molar refractivity (Wildman–Crippen MR) is 135 cm³/mol. The number of thiophene rings is 1. The van der Waals surface area contributed by atoms with Crippen molar-refractivity contribution in [3.8, 4) is 0 Å². The second-order valence-electron chi connectivity index (χ2n) is 7.12. The summed E-state index contributed by atoms with van der Waals surface area (Å²) in [6.07, 6.45) is 0. The van der Waals surface area contributed by atoms with Crippen molar-refractivity contribution >= 4 is 61.4 Å². The maximum Gasteiger partial charge on any atom is 0.348 e. The fourth-order valence-electron chi connectivity index (χ4n) is 3.15. The highest BCUT2D eigenvalue weighted by molar-refractivity contribution is 7.92. The smallest absolute Gasteiger partial charge is 0.348 e. The van der Waals surface area contributed by atoms with E-state index in [-0.39, 0.29) is 38.2 Å². The maximum absolute atomic E-state index is 13.2. The molecule has 184 valence electrons. The normalized spacial score (nSPS) is 11.0. The van der Waals surface area contributed by atoms with Crippen molar-refractivity contribution in [2.45, 2.75) is 18.7 Å². The van der Waals surface area contributed by atoms with Gasteiger partial charge in [-0.1, -0.05) is 23.7 Å². The fourth-order valence-corrected chi connectivity index (χ4v) is 5.45. The highest BCUT2D eigenvalue weighted by Gasteiger charge is 2.27. The number of benzene rings is 2. The molecule has 35 heavy (non-hydrogen) atoms. The van der Waals surface area contributed by atoms with Crippen molar-refractivity contribution in [2.24, 2.45) is 0 Å². The molecule has 0 unspecified atom stereocenters. The first-order valence-electron chi connectivity index (χ1n) is 10.3. The van der Waals surface area contributed by atoms with Gasteiger partial charge in [0.2, 0.25) is 0 Å². The van der Waals surface area contributed by atoms with E-state index in [9.17, 15) is 22.8 Å². The summed E-state index contributed by atoms with van der Waals surface area (Å²) in [6, 6.07) is 11.6. The molecule has 9 nitrogen and oxygen atoms in total. The minimum absolute atomic E-state index is 0.0108. The molecule has 3 N–H and O–H groups in total. The average molecular weight is 536 g/mol. The van der Waals surface area contributed by atoms with Gasteiger partial charge in [0.15, 0.2) is 0 Å². The van der Waals surface area contributed by atoms with Crippen LogP contribution in [0.1, 0.15) is 42.9 Å². The Morgan fingerprint density at radius 1 is 1.03 bits per heavy atom. The molecule has 12 heteroatoms. The van der Waals surface area contributed by atoms with Crippen LogP contribution in [0.2, 0.25) is 5.02 Å². The molecule has 1 aromatic heterocycles. The monoisotopic (exact) mass is 535 g/mol. The Morgan fingerprint density at radius 2 is 1.69 bits per heavy atom. The third-order valence-electron chi connectivity index (χ3n) is 4.83. The molecule has 0 saturated heterocycles. The van der Waals surface area contributed by atoms with Gasteiger partial charge in [0.25, 0.3) is 21.8 Å². The van der Waals surface area contributed by atoms with Gasteiger partial charge in [0.05, 0.1) is 28.3 Å². The molecule has 0 bridgehead atoms. The minimum atomic E-state index is -4.02. The molecule has 0 atom stereocenters. The van der Waals surface area contributed by atoms with Crippen LogP contribution in [0, 0.1) is 6.92 Å². The third kappa shape index (κ3) is 5.81. The summed E-state index contributed by atoms with van der Waals surface area (Å²) in [4.78, 5) is 38.1. The molecule has 0 spiro atoms. The Kier molecular flexibility index (Phi) is 8.15. The van der Waals surface area contributed by atoms with Gasteiger partial charge in [-0.25, -0.2) is 13.2 Å². The van der Waals surface area contributed by atoms with Crippen molar-refractivity contribution in [3.63, 3.8) is 0 Å².